The lowest BCUT2D eigenvalue weighted by molar-refractivity contribution is 0.0693. The molecule has 3 N–H and O–H groups in total. The standard InChI is InChI=1S/C15H8N2O4S/c16-6-8-5-11(18)13(19)10(7-17)14(8)22-12-4-2-1-3-9(12)15(20)21/h1-5,18-19H,(H,20,21). The summed E-state index contributed by atoms with van der Waals surface area (Å²) in [6, 6.07) is 10.7. The third kappa shape index (κ3) is 2.66. The fourth-order valence-corrected chi connectivity index (χ4v) is 2.87. The van der Waals surface area contributed by atoms with Crippen molar-refractivity contribution in [1.29, 1.82) is 10.5 Å². The van der Waals surface area contributed by atoms with E-state index in [2.05, 4.69) is 0 Å². The topological polar surface area (TPSA) is 125 Å². The lowest BCUT2D eigenvalue weighted by atomic mass is 10.1. The van der Waals surface area contributed by atoms with E-state index in [1.54, 1.807) is 18.2 Å². The number of phenolic OH excluding ortho intramolecular Hbond substituents is 2. The van der Waals surface area contributed by atoms with Gasteiger partial charge in [0.25, 0.3) is 0 Å². The number of benzene rings is 2. The van der Waals surface area contributed by atoms with Gasteiger partial charge in [0.15, 0.2) is 11.5 Å². The average Bonchev–Trinajstić information content (AvgIpc) is 2.51. The molecule has 22 heavy (non-hydrogen) atoms. The second-order valence-corrected chi connectivity index (χ2v) is 5.18. The Kier molecular flexibility index (Phi) is 4.21. The van der Waals surface area contributed by atoms with Crippen molar-refractivity contribution in [3.8, 4) is 23.6 Å². The van der Waals surface area contributed by atoms with Crippen LogP contribution >= 0.6 is 11.8 Å². The van der Waals surface area contributed by atoms with E-state index in [0.29, 0.717) is 4.90 Å². The van der Waals surface area contributed by atoms with Gasteiger partial charge < -0.3 is 15.3 Å². The van der Waals surface area contributed by atoms with Gasteiger partial charge in [-0.1, -0.05) is 23.9 Å². The Labute approximate surface area is 129 Å². The van der Waals surface area contributed by atoms with Gasteiger partial charge in [0, 0.05) is 11.0 Å². The fraction of sp³-hybridized carbons (Fsp3) is 0. The Balaban J connectivity index is 2.65. The largest absolute Gasteiger partial charge is 0.504 e. The molecule has 0 bridgehead atoms. The lowest BCUT2D eigenvalue weighted by Crippen LogP contribution is -1.99. The number of aromatic hydroxyl groups is 2. The van der Waals surface area contributed by atoms with E-state index in [0.717, 1.165) is 17.8 Å². The second kappa shape index (κ2) is 6.08. The van der Waals surface area contributed by atoms with Crippen LogP contribution in [0.25, 0.3) is 0 Å². The minimum Gasteiger partial charge on any atom is -0.504 e. The first kappa shape index (κ1) is 15.2. The highest BCUT2D eigenvalue weighted by atomic mass is 32.2. The maximum absolute atomic E-state index is 11.2. The third-order valence-corrected chi connectivity index (χ3v) is 4.00. The van der Waals surface area contributed by atoms with E-state index in [1.807, 2.05) is 6.07 Å². The van der Waals surface area contributed by atoms with Gasteiger partial charge in [0.1, 0.15) is 17.7 Å². The maximum atomic E-state index is 11.2. The first-order valence-electron chi connectivity index (χ1n) is 5.89. The first-order chi connectivity index (χ1) is 10.5. The van der Waals surface area contributed by atoms with Gasteiger partial charge in [-0.2, -0.15) is 10.5 Å². The van der Waals surface area contributed by atoms with E-state index >= 15 is 0 Å². The summed E-state index contributed by atoms with van der Waals surface area (Å²) in [5.74, 6) is -2.37. The summed E-state index contributed by atoms with van der Waals surface area (Å²) < 4.78 is 0. The molecule has 0 aliphatic rings. The molecule has 0 aliphatic carbocycles. The molecule has 0 aromatic heterocycles. The summed E-state index contributed by atoms with van der Waals surface area (Å²) >= 11 is 0.871. The van der Waals surface area contributed by atoms with Crippen molar-refractivity contribution < 1.29 is 20.1 Å². The highest BCUT2D eigenvalue weighted by Crippen LogP contribution is 2.42. The average molecular weight is 312 g/mol. The van der Waals surface area contributed by atoms with Crippen molar-refractivity contribution in [2.24, 2.45) is 0 Å². The van der Waals surface area contributed by atoms with Gasteiger partial charge in [0.05, 0.1) is 16.0 Å². The van der Waals surface area contributed by atoms with E-state index < -0.39 is 17.5 Å². The molecule has 0 amide bonds. The Morgan fingerprint density at radius 1 is 1.14 bits per heavy atom. The van der Waals surface area contributed by atoms with Gasteiger partial charge in [0.2, 0.25) is 0 Å². The molecule has 2 aromatic rings. The van der Waals surface area contributed by atoms with Crippen LogP contribution in [0.1, 0.15) is 21.5 Å². The number of nitriles is 2. The van der Waals surface area contributed by atoms with Crippen LogP contribution < -0.4 is 0 Å². The summed E-state index contributed by atoms with van der Waals surface area (Å²) in [7, 11) is 0. The molecule has 7 heteroatoms. The van der Waals surface area contributed by atoms with E-state index in [-0.39, 0.29) is 21.6 Å². The summed E-state index contributed by atoms with van der Waals surface area (Å²) in [5.41, 5.74) is -0.299. The van der Waals surface area contributed by atoms with Gasteiger partial charge in [-0.25, -0.2) is 4.79 Å². The van der Waals surface area contributed by atoms with Gasteiger partial charge in [-0.3, -0.25) is 0 Å². The zero-order valence-corrected chi connectivity index (χ0v) is 11.8. The summed E-state index contributed by atoms with van der Waals surface area (Å²) in [4.78, 5) is 11.6. The zero-order chi connectivity index (χ0) is 16.3. The Bertz CT molecular complexity index is 850. The van der Waals surface area contributed by atoms with Crippen LogP contribution in [-0.4, -0.2) is 21.3 Å². The molecular formula is C15H8N2O4S. The van der Waals surface area contributed by atoms with Crippen molar-refractivity contribution in [2.75, 3.05) is 0 Å². The molecule has 0 aliphatic heterocycles. The SMILES string of the molecule is N#Cc1cc(O)c(O)c(C#N)c1Sc1ccccc1C(=O)O. The fourth-order valence-electron chi connectivity index (χ4n) is 1.78. The first-order valence-corrected chi connectivity index (χ1v) is 6.70. The summed E-state index contributed by atoms with van der Waals surface area (Å²) in [6.07, 6.45) is 0. The van der Waals surface area contributed by atoms with Crippen molar-refractivity contribution >= 4 is 17.7 Å². The van der Waals surface area contributed by atoms with E-state index in [4.69, 9.17) is 15.6 Å². The summed E-state index contributed by atoms with van der Waals surface area (Å²) in [6.45, 7) is 0. The van der Waals surface area contributed by atoms with Crippen LogP contribution in [0.4, 0.5) is 0 Å². The minimum atomic E-state index is -1.15. The van der Waals surface area contributed by atoms with Crippen molar-refractivity contribution in [1.82, 2.24) is 0 Å². The monoisotopic (exact) mass is 312 g/mol. The van der Waals surface area contributed by atoms with Crippen LogP contribution in [-0.2, 0) is 0 Å². The highest BCUT2D eigenvalue weighted by molar-refractivity contribution is 7.99. The normalized spacial score (nSPS) is 9.73. The second-order valence-electron chi connectivity index (χ2n) is 4.12. The Hall–Kier alpha value is -3.16. The molecule has 6 nitrogen and oxygen atoms in total. The number of rotatable bonds is 3. The van der Waals surface area contributed by atoms with Crippen LogP contribution in [0.5, 0.6) is 11.5 Å². The Morgan fingerprint density at radius 2 is 1.82 bits per heavy atom. The van der Waals surface area contributed by atoms with Crippen molar-refractivity contribution in [3.63, 3.8) is 0 Å². The molecule has 0 radical (unpaired) electrons. The van der Waals surface area contributed by atoms with E-state index in [1.165, 1.54) is 12.1 Å². The number of carboxylic acid groups (broad SMARTS) is 1. The van der Waals surface area contributed by atoms with Crippen LogP contribution in [0.15, 0.2) is 40.1 Å². The molecule has 0 fully saturated rings. The molecule has 0 saturated carbocycles. The number of carboxylic acids is 1. The zero-order valence-electron chi connectivity index (χ0n) is 10.9. The molecule has 0 unspecified atom stereocenters. The number of hydrogen-bond donors (Lipinski definition) is 3. The van der Waals surface area contributed by atoms with Gasteiger partial charge in [-0.05, 0) is 12.1 Å². The third-order valence-electron chi connectivity index (χ3n) is 2.79. The molecule has 0 spiro atoms. The quantitative estimate of drug-likeness (QED) is 0.744. The van der Waals surface area contributed by atoms with Crippen LogP contribution in [0, 0.1) is 22.7 Å². The molecule has 108 valence electrons. The smallest absolute Gasteiger partial charge is 0.336 e. The van der Waals surface area contributed by atoms with Crippen LogP contribution in [0.2, 0.25) is 0 Å². The minimum absolute atomic E-state index is 0.00726. The number of aromatic carboxylic acids is 1. The number of phenols is 2. The molecule has 2 rings (SSSR count). The van der Waals surface area contributed by atoms with E-state index in [9.17, 15) is 15.0 Å². The van der Waals surface area contributed by atoms with Crippen LogP contribution in [0.3, 0.4) is 0 Å². The molecule has 0 heterocycles. The molecule has 2 aromatic carbocycles. The van der Waals surface area contributed by atoms with Gasteiger partial charge >= 0.3 is 5.97 Å². The maximum Gasteiger partial charge on any atom is 0.336 e. The van der Waals surface area contributed by atoms with Gasteiger partial charge in [-0.15, -0.1) is 0 Å². The van der Waals surface area contributed by atoms with Crippen molar-refractivity contribution in [3.05, 3.63) is 47.0 Å². The highest BCUT2D eigenvalue weighted by Gasteiger charge is 2.20. The molecule has 0 atom stereocenters. The summed E-state index contributed by atoms with van der Waals surface area (Å²) in [5, 5.41) is 46.7. The Morgan fingerprint density at radius 3 is 2.41 bits per heavy atom. The number of nitrogens with zero attached hydrogens (tertiary/aromatic N) is 2. The molecule has 0 saturated heterocycles. The predicted octanol–water partition coefficient (Wildman–Crippen LogP) is 2.69. The number of carbonyl (C=O) groups is 1. The predicted molar refractivity (Wildman–Crippen MR) is 76.7 cm³/mol. The van der Waals surface area contributed by atoms with Crippen molar-refractivity contribution in [2.45, 2.75) is 9.79 Å². The number of hydrogen-bond acceptors (Lipinski definition) is 6. The lowest BCUT2D eigenvalue weighted by Gasteiger charge is -2.10. The molecular weight excluding hydrogens is 304 g/mol.